The molecule has 0 saturated heterocycles. The quantitative estimate of drug-likeness (QED) is 0.306. The molecule has 4 N–H and O–H groups in total. The Labute approximate surface area is 125 Å². The molecule has 1 rings (SSSR count). The highest BCUT2D eigenvalue weighted by atomic mass is 16.5. The molecule has 0 spiro atoms. The van der Waals surface area contributed by atoms with Crippen LogP contribution in [0.5, 0.6) is 5.75 Å². The van der Waals surface area contributed by atoms with Gasteiger partial charge in [0.1, 0.15) is 11.7 Å². The average molecular weight is 293 g/mol. The van der Waals surface area contributed by atoms with E-state index in [0.717, 1.165) is 11.3 Å². The first kappa shape index (κ1) is 16.8. The molecule has 0 fully saturated rings. The van der Waals surface area contributed by atoms with Crippen LogP contribution in [-0.4, -0.2) is 30.6 Å². The van der Waals surface area contributed by atoms with Crippen molar-refractivity contribution in [2.75, 3.05) is 13.7 Å². The van der Waals surface area contributed by atoms with E-state index in [2.05, 4.69) is 10.5 Å². The van der Waals surface area contributed by atoms with Gasteiger partial charge >= 0.3 is 0 Å². The molecule has 0 radical (unpaired) electrons. The monoisotopic (exact) mass is 293 g/mol. The molecule has 116 valence electrons. The molecule has 0 heterocycles. The first-order chi connectivity index (χ1) is 9.99. The van der Waals surface area contributed by atoms with Gasteiger partial charge in [-0.15, -0.1) is 0 Å². The molecule has 1 unspecified atom stereocenters. The fraction of sp³-hybridized carbons (Fsp3) is 0.467. The molecule has 6 nitrogen and oxygen atoms in total. The maximum atomic E-state index is 12.1. The van der Waals surface area contributed by atoms with E-state index < -0.39 is 5.92 Å². The predicted molar refractivity (Wildman–Crippen MR) is 81.4 cm³/mol. The molecule has 21 heavy (non-hydrogen) atoms. The van der Waals surface area contributed by atoms with Crippen LogP contribution in [0.2, 0.25) is 0 Å². The van der Waals surface area contributed by atoms with Crippen molar-refractivity contribution >= 4 is 11.7 Å². The van der Waals surface area contributed by atoms with Crippen molar-refractivity contribution in [3.63, 3.8) is 0 Å². The van der Waals surface area contributed by atoms with Gasteiger partial charge in [0.05, 0.1) is 7.11 Å². The summed E-state index contributed by atoms with van der Waals surface area (Å²) in [5.41, 5.74) is 6.66. The molecular formula is C15H23N3O3. The van der Waals surface area contributed by atoms with Crippen molar-refractivity contribution < 1.29 is 14.7 Å². The number of hydrogen-bond acceptors (Lipinski definition) is 4. The first-order valence-electron chi connectivity index (χ1n) is 6.87. The Balaban J connectivity index is 2.51. The molecule has 0 aliphatic rings. The summed E-state index contributed by atoms with van der Waals surface area (Å²) < 4.78 is 5.09. The van der Waals surface area contributed by atoms with Crippen LogP contribution in [0.1, 0.15) is 19.4 Å². The van der Waals surface area contributed by atoms with Crippen molar-refractivity contribution in [3.05, 3.63) is 29.8 Å². The Morgan fingerprint density at radius 2 is 2.00 bits per heavy atom. The van der Waals surface area contributed by atoms with Gasteiger partial charge in [-0.1, -0.05) is 31.1 Å². The van der Waals surface area contributed by atoms with Gasteiger partial charge in [-0.05, 0) is 30.0 Å². The van der Waals surface area contributed by atoms with Crippen LogP contribution >= 0.6 is 0 Å². The number of amidine groups is 1. The maximum Gasteiger partial charge on any atom is 0.231 e. The van der Waals surface area contributed by atoms with E-state index in [9.17, 15) is 4.79 Å². The Morgan fingerprint density at radius 3 is 2.48 bits per heavy atom. The molecule has 6 heteroatoms. The van der Waals surface area contributed by atoms with E-state index in [0.29, 0.717) is 13.0 Å². The van der Waals surface area contributed by atoms with Gasteiger partial charge in [0, 0.05) is 6.54 Å². The Kier molecular flexibility index (Phi) is 6.52. The minimum absolute atomic E-state index is 0.0399. The number of carbonyl (C=O) groups is 1. The molecule has 0 aliphatic heterocycles. The second-order valence-electron chi connectivity index (χ2n) is 5.14. The fourth-order valence-electron chi connectivity index (χ4n) is 2.07. The standard InChI is InChI=1S/C15H23N3O3/c1-10(2)13(14(16)18-20)15(19)17-9-8-11-4-6-12(21-3)7-5-11/h4-7,10,13,20H,8-9H2,1-3H3,(H2,16,18)(H,17,19). The Hall–Kier alpha value is -2.24. The highest BCUT2D eigenvalue weighted by molar-refractivity contribution is 6.02. The van der Waals surface area contributed by atoms with E-state index in [1.54, 1.807) is 7.11 Å². The van der Waals surface area contributed by atoms with Crippen LogP contribution in [0.4, 0.5) is 0 Å². The minimum atomic E-state index is -0.620. The van der Waals surface area contributed by atoms with Crippen molar-refractivity contribution in [1.29, 1.82) is 0 Å². The number of oxime groups is 1. The summed E-state index contributed by atoms with van der Waals surface area (Å²) in [6.07, 6.45) is 0.705. The van der Waals surface area contributed by atoms with Crippen LogP contribution in [0.25, 0.3) is 0 Å². The van der Waals surface area contributed by atoms with Crippen molar-refractivity contribution in [2.24, 2.45) is 22.7 Å². The minimum Gasteiger partial charge on any atom is -0.497 e. The van der Waals surface area contributed by atoms with Gasteiger partial charge in [0.2, 0.25) is 5.91 Å². The number of ether oxygens (including phenoxy) is 1. The number of hydrogen-bond donors (Lipinski definition) is 3. The molecule has 0 bridgehead atoms. The largest absolute Gasteiger partial charge is 0.497 e. The predicted octanol–water partition coefficient (Wildman–Crippen LogP) is 1.37. The second kappa shape index (κ2) is 8.14. The van der Waals surface area contributed by atoms with Gasteiger partial charge in [-0.25, -0.2) is 0 Å². The number of nitrogens with two attached hydrogens (primary N) is 1. The van der Waals surface area contributed by atoms with Gasteiger partial charge in [-0.3, -0.25) is 4.79 Å². The van der Waals surface area contributed by atoms with Gasteiger partial charge in [-0.2, -0.15) is 0 Å². The zero-order valence-electron chi connectivity index (χ0n) is 12.7. The second-order valence-corrected chi connectivity index (χ2v) is 5.14. The van der Waals surface area contributed by atoms with Crippen molar-refractivity contribution in [2.45, 2.75) is 20.3 Å². The van der Waals surface area contributed by atoms with E-state index in [-0.39, 0.29) is 17.7 Å². The molecule has 0 saturated carbocycles. The van der Waals surface area contributed by atoms with E-state index >= 15 is 0 Å². The molecule has 1 aromatic rings. The highest BCUT2D eigenvalue weighted by Gasteiger charge is 2.26. The third-order valence-electron chi connectivity index (χ3n) is 3.26. The SMILES string of the molecule is COc1ccc(CCNC(=O)C(C(N)=NO)C(C)C)cc1. The Morgan fingerprint density at radius 1 is 1.38 bits per heavy atom. The smallest absolute Gasteiger partial charge is 0.231 e. The summed E-state index contributed by atoms with van der Waals surface area (Å²) in [5, 5.41) is 14.5. The zero-order chi connectivity index (χ0) is 15.8. The molecular weight excluding hydrogens is 270 g/mol. The highest BCUT2D eigenvalue weighted by Crippen LogP contribution is 2.13. The van der Waals surface area contributed by atoms with E-state index in [4.69, 9.17) is 15.7 Å². The number of amides is 1. The van der Waals surface area contributed by atoms with E-state index in [1.165, 1.54) is 0 Å². The summed E-state index contributed by atoms with van der Waals surface area (Å²) in [5.74, 6) is -0.150. The molecule has 1 aromatic carbocycles. The molecule has 0 aromatic heterocycles. The summed E-state index contributed by atoms with van der Waals surface area (Å²) >= 11 is 0. The van der Waals surface area contributed by atoms with Crippen LogP contribution in [-0.2, 0) is 11.2 Å². The first-order valence-corrected chi connectivity index (χ1v) is 6.87. The number of carbonyl (C=O) groups excluding carboxylic acids is 1. The molecule has 0 aliphatic carbocycles. The maximum absolute atomic E-state index is 12.1. The lowest BCUT2D eigenvalue weighted by Gasteiger charge is -2.18. The van der Waals surface area contributed by atoms with Crippen LogP contribution in [0, 0.1) is 11.8 Å². The van der Waals surface area contributed by atoms with Crippen molar-refractivity contribution in [3.8, 4) is 5.75 Å². The normalized spacial score (nSPS) is 13.0. The van der Waals surface area contributed by atoms with Crippen LogP contribution in [0.3, 0.4) is 0 Å². The summed E-state index contributed by atoms with van der Waals surface area (Å²) in [4.78, 5) is 12.1. The van der Waals surface area contributed by atoms with Gasteiger partial charge in [0.15, 0.2) is 5.84 Å². The topological polar surface area (TPSA) is 96.9 Å². The zero-order valence-corrected chi connectivity index (χ0v) is 12.7. The third kappa shape index (κ3) is 4.98. The fourth-order valence-corrected chi connectivity index (χ4v) is 2.07. The molecule has 1 atom stereocenters. The number of nitrogens with zero attached hydrogens (tertiary/aromatic N) is 1. The van der Waals surface area contributed by atoms with E-state index in [1.807, 2.05) is 38.1 Å². The summed E-state index contributed by atoms with van der Waals surface area (Å²) in [6.45, 7) is 4.20. The Bertz CT molecular complexity index is 483. The molecule has 1 amide bonds. The number of rotatable bonds is 7. The van der Waals surface area contributed by atoms with Crippen molar-refractivity contribution in [1.82, 2.24) is 5.32 Å². The number of methoxy groups -OCH3 is 1. The van der Waals surface area contributed by atoms with Crippen LogP contribution in [0.15, 0.2) is 29.4 Å². The lowest BCUT2D eigenvalue weighted by molar-refractivity contribution is -0.124. The number of benzene rings is 1. The van der Waals surface area contributed by atoms with Crippen LogP contribution < -0.4 is 15.8 Å². The summed E-state index contributed by atoms with van der Waals surface area (Å²) in [6, 6.07) is 7.66. The average Bonchev–Trinajstić information content (AvgIpc) is 2.47. The lowest BCUT2D eigenvalue weighted by atomic mass is 9.94. The summed E-state index contributed by atoms with van der Waals surface area (Å²) in [7, 11) is 1.62. The van der Waals surface area contributed by atoms with Gasteiger partial charge in [0.25, 0.3) is 0 Å². The number of nitrogens with one attached hydrogen (secondary N) is 1. The van der Waals surface area contributed by atoms with Gasteiger partial charge < -0.3 is 21.0 Å². The third-order valence-corrected chi connectivity index (χ3v) is 3.26. The lowest BCUT2D eigenvalue weighted by Crippen LogP contribution is -2.42.